The third kappa shape index (κ3) is 4.18. The molecule has 2 atom stereocenters. The second kappa shape index (κ2) is 7.73. The average Bonchev–Trinajstić information content (AvgIpc) is 3.04. The number of anilines is 1. The van der Waals surface area contributed by atoms with Gasteiger partial charge in [0, 0.05) is 19.0 Å². The molecule has 9 heteroatoms. The number of amides is 4. The first kappa shape index (κ1) is 20.6. The van der Waals surface area contributed by atoms with E-state index >= 15 is 0 Å². The molecule has 2 aliphatic heterocycles. The molecule has 2 saturated heterocycles. The molecule has 2 aliphatic rings. The number of hydrogen-bond acceptors (Lipinski definition) is 5. The van der Waals surface area contributed by atoms with Gasteiger partial charge in [-0.05, 0) is 24.0 Å². The largest absolute Gasteiger partial charge is 0.497 e. The van der Waals surface area contributed by atoms with Crippen LogP contribution in [0.25, 0.3) is 0 Å². The fourth-order valence-corrected chi connectivity index (χ4v) is 3.96. The number of methoxy groups -OCH3 is 1. The average molecular weight is 403 g/mol. The minimum Gasteiger partial charge on any atom is -0.497 e. The second-order valence-electron chi connectivity index (χ2n) is 8.16. The Hall–Kier alpha value is -3.10. The monoisotopic (exact) mass is 403 g/mol. The summed E-state index contributed by atoms with van der Waals surface area (Å²) in [6, 6.07) is 4.77. The van der Waals surface area contributed by atoms with Gasteiger partial charge in [0.05, 0.1) is 25.3 Å². The number of ether oxygens (including phenoxy) is 1. The fourth-order valence-electron chi connectivity index (χ4n) is 3.96. The predicted octanol–water partition coefficient (Wildman–Crippen LogP) is 1.61. The molecule has 0 bridgehead atoms. The summed E-state index contributed by atoms with van der Waals surface area (Å²) in [5, 5.41) is 11.9. The number of carboxylic acid groups (broad SMARTS) is 1. The summed E-state index contributed by atoms with van der Waals surface area (Å²) in [6.07, 6.45) is 0.323. The summed E-state index contributed by atoms with van der Waals surface area (Å²) >= 11 is 0. The highest BCUT2D eigenvalue weighted by Crippen LogP contribution is 2.32. The molecule has 0 saturated carbocycles. The van der Waals surface area contributed by atoms with Crippen molar-refractivity contribution in [2.45, 2.75) is 45.2 Å². The van der Waals surface area contributed by atoms with E-state index in [-0.39, 0.29) is 18.7 Å². The van der Waals surface area contributed by atoms with Gasteiger partial charge in [0.15, 0.2) is 0 Å². The Bertz CT molecular complexity index is 852. The lowest BCUT2D eigenvalue weighted by Crippen LogP contribution is -2.65. The van der Waals surface area contributed by atoms with Crippen LogP contribution in [0.1, 0.15) is 33.1 Å². The normalized spacial score (nSPS) is 21.6. The highest BCUT2D eigenvalue weighted by Gasteiger charge is 2.50. The van der Waals surface area contributed by atoms with Crippen LogP contribution in [-0.2, 0) is 14.4 Å². The van der Waals surface area contributed by atoms with Crippen molar-refractivity contribution in [1.29, 1.82) is 0 Å². The number of urea groups is 1. The summed E-state index contributed by atoms with van der Waals surface area (Å²) in [5.41, 5.74) is -0.384. The van der Waals surface area contributed by atoms with E-state index in [0.29, 0.717) is 24.4 Å². The van der Waals surface area contributed by atoms with Crippen molar-refractivity contribution in [3.8, 4) is 5.75 Å². The molecule has 9 nitrogen and oxygen atoms in total. The number of carbonyl (C=O) groups is 4. The Morgan fingerprint density at radius 1 is 1.28 bits per heavy atom. The van der Waals surface area contributed by atoms with Gasteiger partial charge >= 0.3 is 12.0 Å². The molecular formula is C20H25N3O6. The molecule has 1 aromatic rings. The van der Waals surface area contributed by atoms with Gasteiger partial charge in [-0.1, -0.05) is 19.9 Å². The van der Waals surface area contributed by atoms with Crippen LogP contribution in [0.15, 0.2) is 24.3 Å². The first-order valence-electron chi connectivity index (χ1n) is 9.43. The van der Waals surface area contributed by atoms with Crippen LogP contribution in [0.3, 0.4) is 0 Å². The van der Waals surface area contributed by atoms with E-state index in [9.17, 15) is 19.2 Å². The van der Waals surface area contributed by atoms with Crippen molar-refractivity contribution in [2.75, 3.05) is 18.6 Å². The molecule has 2 fully saturated rings. The number of aliphatic carboxylic acids is 1. The first-order chi connectivity index (χ1) is 13.6. The minimum absolute atomic E-state index is 0.00288. The molecule has 2 N–H and O–H groups in total. The van der Waals surface area contributed by atoms with Crippen molar-refractivity contribution in [3.05, 3.63) is 24.3 Å². The standard InChI is InChI=1S/C20H25N3O6/c1-20(2,11-16(25)26)10-15(24)22-8-7-14-17(22)18(27)23(19(28)21-14)12-5-4-6-13(9-12)29-3/h4-6,9,14,17H,7-8,10-11H2,1-3H3,(H,21,28)(H,25,26)/t14-,17+/m1/s1. The third-order valence-corrected chi connectivity index (χ3v) is 5.27. The van der Waals surface area contributed by atoms with E-state index in [1.165, 1.54) is 12.0 Å². The van der Waals surface area contributed by atoms with Gasteiger partial charge in [-0.15, -0.1) is 0 Å². The van der Waals surface area contributed by atoms with Gasteiger partial charge in [0.1, 0.15) is 11.8 Å². The smallest absolute Gasteiger partial charge is 0.329 e. The molecule has 0 aliphatic carbocycles. The molecule has 0 spiro atoms. The zero-order chi connectivity index (χ0) is 21.3. The molecule has 1 aromatic carbocycles. The maximum absolute atomic E-state index is 13.2. The highest BCUT2D eigenvalue weighted by atomic mass is 16.5. The Labute approximate surface area is 168 Å². The van der Waals surface area contributed by atoms with Gasteiger partial charge in [0.2, 0.25) is 5.91 Å². The second-order valence-corrected chi connectivity index (χ2v) is 8.16. The number of likely N-dealkylation sites (tertiary alicyclic amines) is 1. The molecule has 0 radical (unpaired) electrons. The van der Waals surface area contributed by atoms with E-state index in [1.807, 2.05) is 0 Å². The van der Waals surface area contributed by atoms with Crippen LogP contribution in [0.5, 0.6) is 5.75 Å². The van der Waals surface area contributed by atoms with Crippen LogP contribution in [0.2, 0.25) is 0 Å². The van der Waals surface area contributed by atoms with Crippen molar-refractivity contribution in [3.63, 3.8) is 0 Å². The molecule has 156 valence electrons. The van der Waals surface area contributed by atoms with Crippen LogP contribution >= 0.6 is 0 Å². The van der Waals surface area contributed by atoms with Gasteiger partial charge < -0.3 is 20.1 Å². The number of nitrogens with one attached hydrogen (secondary N) is 1. The molecule has 4 amide bonds. The van der Waals surface area contributed by atoms with Crippen LogP contribution in [0.4, 0.5) is 10.5 Å². The third-order valence-electron chi connectivity index (χ3n) is 5.27. The van der Waals surface area contributed by atoms with E-state index in [2.05, 4.69) is 5.32 Å². The Morgan fingerprint density at radius 2 is 2.00 bits per heavy atom. The Kier molecular flexibility index (Phi) is 5.50. The summed E-state index contributed by atoms with van der Waals surface area (Å²) in [5.74, 6) is -1.25. The molecule has 2 heterocycles. The van der Waals surface area contributed by atoms with Crippen molar-refractivity contribution in [2.24, 2.45) is 5.41 Å². The van der Waals surface area contributed by atoms with E-state index in [4.69, 9.17) is 9.84 Å². The van der Waals surface area contributed by atoms with Gasteiger partial charge in [-0.25, -0.2) is 9.69 Å². The number of rotatable bonds is 6. The number of fused-ring (bicyclic) bond motifs is 1. The first-order valence-corrected chi connectivity index (χ1v) is 9.43. The predicted molar refractivity (Wildman–Crippen MR) is 104 cm³/mol. The molecule has 3 rings (SSSR count). The zero-order valence-electron chi connectivity index (χ0n) is 16.7. The summed E-state index contributed by atoms with van der Waals surface area (Å²) in [4.78, 5) is 52.2. The Morgan fingerprint density at radius 3 is 2.66 bits per heavy atom. The SMILES string of the molecule is COc1cccc(N2C(=O)N[C@@H]3CCN(C(=O)CC(C)(C)CC(=O)O)[C@@H]3C2=O)c1. The van der Waals surface area contributed by atoms with Crippen LogP contribution in [-0.4, -0.2) is 59.6 Å². The summed E-state index contributed by atoms with van der Waals surface area (Å²) < 4.78 is 5.17. The lowest BCUT2D eigenvalue weighted by Gasteiger charge is -2.37. The van der Waals surface area contributed by atoms with Crippen molar-refractivity contribution in [1.82, 2.24) is 10.2 Å². The highest BCUT2D eigenvalue weighted by molar-refractivity contribution is 6.19. The van der Waals surface area contributed by atoms with E-state index < -0.39 is 35.4 Å². The number of imide groups is 1. The van der Waals surface area contributed by atoms with Gasteiger partial charge in [0.25, 0.3) is 5.91 Å². The number of hydrogen-bond donors (Lipinski definition) is 2. The van der Waals surface area contributed by atoms with Crippen LogP contribution in [0, 0.1) is 5.41 Å². The number of benzene rings is 1. The van der Waals surface area contributed by atoms with Crippen molar-refractivity contribution >= 4 is 29.5 Å². The zero-order valence-corrected chi connectivity index (χ0v) is 16.7. The molecule has 0 aromatic heterocycles. The fraction of sp³-hybridized carbons (Fsp3) is 0.500. The quantitative estimate of drug-likeness (QED) is 0.745. The van der Waals surface area contributed by atoms with Crippen molar-refractivity contribution < 1.29 is 29.0 Å². The Balaban J connectivity index is 1.83. The molecule has 0 unspecified atom stereocenters. The lowest BCUT2D eigenvalue weighted by molar-refractivity contribution is -0.143. The van der Waals surface area contributed by atoms with Gasteiger partial charge in [-0.3, -0.25) is 14.4 Å². The number of nitrogens with zero attached hydrogens (tertiary/aromatic N) is 2. The number of carbonyl (C=O) groups excluding carboxylic acids is 3. The van der Waals surface area contributed by atoms with Gasteiger partial charge in [-0.2, -0.15) is 0 Å². The lowest BCUT2D eigenvalue weighted by atomic mass is 9.85. The minimum atomic E-state index is -0.979. The van der Waals surface area contributed by atoms with E-state index in [1.54, 1.807) is 38.1 Å². The maximum atomic E-state index is 13.2. The molecular weight excluding hydrogens is 378 g/mol. The summed E-state index contributed by atoms with van der Waals surface area (Å²) in [7, 11) is 1.49. The van der Waals surface area contributed by atoms with Crippen LogP contribution < -0.4 is 15.0 Å². The topological polar surface area (TPSA) is 116 Å². The maximum Gasteiger partial charge on any atom is 0.329 e. The molecule has 29 heavy (non-hydrogen) atoms. The summed E-state index contributed by atoms with van der Waals surface area (Å²) in [6.45, 7) is 3.74. The number of carboxylic acids is 1. The van der Waals surface area contributed by atoms with E-state index in [0.717, 1.165) is 4.90 Å².